The van der Waals surface area contributed by atoms with Crippen molar-refractivity contribution in [2.45, 2.75) is 0 Å². The Morgan fingerprint density at radius 3 is 2.16 bits per heavy atom. The van der Waals surface area contributed by atoms with Crippen LogP contribution in [0.4, 0.5) is 5.69 Å². The lowest BCUT2D eigenvalue weighted by molar-refractivity contribution is -0.111. The predicted octanol–water partition coefficient (Wildman–Crippen LogP) is 6.11. The number of anilines is 1. The zero-order valence-corrected chi connectivity index (χ0v) is 25.6. The molecule has 0 heterocycles. The van der Waals surface area contributed by atoms with Crippen molar-refractivity contribution < 1.29 is 33.3 Å². The van der Waals surface area contributed by atoms with Crippen molar-refractivity contribution in [2.75, 3.05) is 26.6 Å². The molecule has 0 unspecified atom stereocenters. The van der Waals surface area contributed by atoms with E-state index < -0.39 is 17.8 Å². The largest absolute Gasteiger partial charge is 0.493 e. The first-order valence-electron chi connectivity index (χ1n) is 13.1. The third-order valence-corrected chi connectivity index (χ3v) is 6.59. The Morgan fingerprint density at radius 1 is 0.795 bits per heavy atom. The summed E-state index contributed by atoms with van der Waals surface area (Å²) in [6.45, 7) is 0. The molecule has 0 radical (unpaired) electrons. The van der Waals surface area contributed by atoms with E-state index in [1.807, 2.05) is 30.3 Å². The van der Waals surface area contributed by atoms with Gasteiger partial charge in [0.1, 0.15) is 5.75 Å². The molecule has 4 rings (SSSR count). The second-order valence-corrected chi connectivity index (χ2v) is 9.88. The van der Waals surface area contributed by atoms with E-state index in [-0.39, 0.29) is 16.9 Å². The van der Waals surface area contributed by atoms with E-state index in [9.17, 15) is 14.4 Å². The van der Waals surface area contributed by atoms with Gasteiger partial charge < -0.3 is 24.3 Å². The highest BCUT2D eigenvalue weighted by atomic mass is 79.9. The maximum absolute atomic E-state index is 13.1. The van der Waals surface area contributed by atoms with Crippen molar-refractivity contribution in [3.8, 4) is 23.0 Å². The number of amides is 2. The van der Waals surface area contributed by atoms with Crippen LogP contribution in [0.1, 0.15) is 31.8 Å². The van der Waals surface area contributed by atoms with Gasteiger partial charge in [0.05, 0.1) is 44.4 Å². The zero-order chi connectivity index (χ0) is 31.5. The number of benzene rings is 4. The van der Waals surface area contributed by atoms with Crippen LogP contribution >= 0.6 is 15.9 Å². The van der Waals surface area contributed by atoms with Gasteiger partial charge in [0.15, 0.2) is 11.5 Å². The summed E-state index contributed by atoms with van der Waals surface area (Å²) < 4.78 is 22.3. The molecule has 0 bridgehead atoms. The van der Waals surface area contributed by atoms with Crippen molar-refractivity contribution in [2.24, 2.45) is 5.10 Å². The zero-order valence-electron chi connectivity index (χ0n) is 24.0. The van der Waals surface area contributed by atoms with Crippen LogP contribution in [0.15, 0.2) is 101 Å². The molecule has 11 heteroatoms. The Morgan fingerprint density at radius 2 is 1.48 bits per heavy atom. The van der Waals surface area contributed by atoms with E-state index >= 15 is 0 Å². The quantitative estimate of drug-likeness (QED) is 0.0655. The number of carbonyl (C=O) groups is 3. The fraction of sp³-hybridized carbons (Fsp3) is 0.0909. The van der Waals surface area contributed by atoms with Gasteiger partial charge in [0.25, 0.3) is 5.91 Å². The van der Waals surface area contributed by atoms with Crippen molar-refractivity contribution in [1.82, 2.24) is 5.43 Å². The van der Waals surface area contributed by atoms with Gasteiger partial charge in [-0.1, -0.05) is 58.4 Å². The highest BCUT2D eigenvalue weighted by Gasteiger charge is 2.19. The average molecular weight is 659 g/mol. The van der Waals surface area contributed by atoms with Crippen molar-refractivity contribution in [1.29, 1.82) is 0 Å². The van der Waals surface area contributed by atoms with Gasteiger partial charge in [-0.15, -0.1) is 0 Å². The number of nitrogens with zero attached hydrogens (tertiary/aromatic N) is 1. The van der Waals surface area contributed by atoms with Crippen LogP contribution in [0.25, 0.3) is 6.08 Å². The van der Waals surface area contributed by atoms with Crippen LogP contribution in [0.2, 0.25) is 0 Å². The van der Waals surface area contributed by atoms with E-state index in [0.29, 0.717) is 33.0 Å². The first-order valence-corrected chi connectivity index (χ1v) is 13.9. The fourth-order valence-corrected chi connectivity index (χ4v) is 4.37. The fourth-order valence-electron chi connectivity index (χ4n) is 3.99. The third-order valence-electron chi connectivity index (χ3n) is 6.10. The monoisotopic (exact) mass is 657 g/mol. The minimum Gasteiger partial charge on any atom is -0.493 e. The summed E-state index contributed by atoms with van der Waals surface area (Å²) in [5.41, 5.74) is 4.39. The van der Waals surface area contributed by atoms with Gasteiger partial charge in [-0.2, -0.15) is 5.10 Å². The normalized spacial score (nSPS) is 10.8. The lowest BCUT2D eigenvalue weighted by Crippen LogP contribution is -2.20. The number of hydrazone groups is 1. The number of para-hydroxylation sites is 1. The number of esters is 1. The standard InChI is InChI=1S/C33H28BrN3O7/c1-41-28-18-22(19-29(42-2)31(28)43-3)33(40)44-27-15-14-24(34)17-23(27)20-35-37-32(39)25-11-7-8-12-26(25)36-30(38)16-13-21-9-5-4-6-10-21/h4-20H,1-3H3,(H,36,38)(H,37,39)/b16-13+,35-20-. The molecule has 44 heavy (non-hydrogen) atoms. The van der Waals surface area contributed by atoms with Crippen molar-refractivity contribution >= 4 is 51.7 Å². The average Bonchev–Trinajstić information content (AvgIpc) is 3.04. The number of ether oxygens (including phenoxy) is 4. The number of methoxy groups -OCH3 is 3. The number of carbonyl (C=O) groups excluding carboxylic acids is 3. The molecule has 0 atom stereocenters. The van der Waals surface area contributed by atoms with Gasteiger partial charge in [0.2, 0.25) is 11.7 Å². The van der Waals surface area contributed by atoms with Crippen molar-refractivity contribution in [3.05, 3.63) is 118 Å². The SMILES string of the molecule is COc1cc(C(=O)Oc2ccc(Br)cc2/C=N\NC(=O)c2ccccc2NC(=O)/C=C/c2ccccc2)cc(OC)c1OC. The van der Waals surface area contributed by atoms with Crippen molar-refractivity contribution in [3.63, 3.8) is 0 Å². The molecule has 4 aromatic rings. The first-order chi connectivity index (χ1) is 21.3. The summed E-state index contributed by atoms with van der Waals surface area (Å²) in [4.78, 5) is 38.5. The van der Waals surface area contributed by atoms with Gasteiger partial charge in [0, 0.05) is 16.1 Å². The Kier molecular flexibility index (Phi) is 10.9. The van der Waals surface area contributed by atoms with Gasteiger partial charge in [-0.05, 0) is 54.1 Å². The van der Waals surface area contributed by atoms with Crippen LogP contribution in [0.5, 0.6) is 23.0 Å². The molecule has 0 aliphatic carbocycles. The van der Waals surface area contributed by atoms with Crippen LogP contribution < -0.4 is 29.7 Å². The Balaban J connectivity index is 1.47. The number of hydrogen-bond donors (Lipinski definition) is 2. The van der Waals surface area contributed by atoms with Gasteiger partial charge >= 0.3 is 5.97 Å². The van der Waals surface area contributed by atoms with Crippen LogP contribution in [-0.2, 0) is 4.79 Å². The predicted molar refractivity (Wildman–Crippen MR) is 171 cm³/mol. The summed E-state index contributed by atoms with van der Waals surface area (Å²) in [5.74, 6) is -0.534. The maximum atomic E-state index is 13.1. The molecule has 4 aromatic carbocycles. The summed E-state index contributed by atoms with van der Waals surface area (Å²) in [5, 5.41) is 6.77. The van der Waals surface area contributed by atoms with E-state index in [1.165, 1.54) is 45.8 Å². The minimum absolute atomic E-state index is 0.163. The number of halogens is 1. The Labute approximate surface area is 262 Å². The molecular formula is C33H28BrN3O7. The van der Waals surface area contributed by atoms with Crippen LogP contribution in [0.3, 0.4) is 0 Å². The molecule has 2 amide bonds. The van der Waals surface area contributed by atoms with Gasteiger partial charge in [-0.3, -0.25) is 9.59 Å². The van der Waals surface area contributed by atoms with E-state index in [2.05, 4.69) is 31.8 Å². The Bertz CT molecular complexity index is 1700. The maximum Gasteiger partial charge on any atom is 0.343 e. The minimum atomic E-state index is -0.684. The second-order valence-electron chi connectivity index (χ2n) is 8.96. The second kappa shape index (κ2) is 15.2. The summed E-state index contributed by atoms with van der Waals surface area (Å²) in [6.07, 6.45) is 4.40. The summed E-state index contributed by atoms with van der Waals surface area (Å²) in [6, 6.07) is 23.8. The first kappa shape index (κ1) is 31.5. The molecule has 2 N–H and O–H groups in total. The van der Waals surface area contributed by atoms with E-state index in [4.69, 9.17) is 18.9 Å². The Hall–Kier alpha value is -5.42. The topological polar surface area (TPSA) is 125 Å². The van der Waals surface area contributed by atoms with Crippen LogP contribution in [-0.4, -0.2) is 45.3 Å². The van der Waals surface area contributed by atoms with Gasteiger partial charge in [-0.25, -0.2) is 10.2 Å². The van der Waals surface area contributed by atoms with E-state index in [0.717, 1.165) is 5.56 Å². The molecule has 10 nitrogen and oxygen atoms in total. The lowest BCUT2D eigenvalue weighted by atomic mass is 10.1. The lowest BCUT2D eigenvalue weighted by Gasteiger charge is -2.14. The summed E-state index contributed by atoms with van der Waals surface area (Å²) >= 11 is 3.40. The third kappa shape index (κ3) is 8.11. The highest BCUT2D eigenvalue weighted by molar-refractivity contribution is 9.10. The number of hydrogen-bond acceptors (Lipinski definition) is 8. The van der Waals surface area contributed by atoms with E-state index in [1.54, 1.807) is 48.5 Å². The molecule has 0 fully saturated rings. The number of nitrogens with one attached hydrogen (secondary N) is 2. The molecule has 0 aliphatic heterocycles. The molecule has 224 valence electrons. The molecular weight excluding hydrogens is 630 g/mol. The summed E-state index contributed by atoms with van der Waals surface area (Å²) in [7, 11) is 4.35. The van der Waals surface area contributed by atoms with Crippen LogP contribution in [0, 0.1) is 0 Å². The molecule has 0 aromatic heterocycles. The smallest absolute Gasteiger partial charge is 0.343 e. The highest BCUT2D eigenvalue weighted by Crippen LogP contribution is 2.38. The molecule has 0 aliphatic rings. The molecule has 0 saturated carbocycles. The molecule has 0 spiro atoms. The number of rotatable bonds is 11. The molecule has 0 saturated heterocycles.